The number of non-ortho nitro benzene ring substituents is 1. The second kappa shape index (κ2) is 5.94. The summed E-state index contributed by atoms with van der Waals surface area (Å²) in [5, 5.41) is 26.1. The first-order valence-electron chi connectivity index (χ1n) is 7.68. The molecular formula is C15H18N4O4. The molecule has 122 valence electrons. The molecule has 1 N–H and O–H groups in total. The third-order valence-electron chi connectivity index (χ3n) is 5.02. The lowest BCUT2D eigenvalue weighted by Gasteiger charge is -2.21. The van der Waals surface area contributed by atoms with E-state index in [9.17, 15) is 20.2 Å². The Morgan fingerprint density at radius 3 is 2.57 bits per heavy atom. The maximum atomic E-state index is 11.1. The lowest BCUT2D eigenvalue weighted by atomic mass is 9.86. The van der Waals surface area contributed by atoms with Crippen molar-refractivity contribution in [2.75, 3.05) is 5.43 Å². The minimum absolute atomic E-state index is 0.170. The number of fused-ring (bicyclic) bond motifs is 2. The first kappa shape index (κ1) is 15.4. The van der Waals surface area contributed by atoms with Crippen LogP contribution in [0.15, 0.2) is 23.3 Å². The monoisotopic (exact) mass is 318 g/mol. The van der Waals surface area contributed by atoms with Crippen molar-refractivity contribution >= 4 is 22.8 Å². The van der Waals surface area contributed by atoms with Crippen molar-refractivity contribution in [1.29, 1.82) is 0 Å². The number of nitro groups is 2. The van der Waals surface area contributed by atoms with Crippen molar-refractivity contribution in [2.45, 2.75) is 32.6 Å². The van der Waals surface area contributed by atoms with E-state index in [1.807, 2.05) is 6.92 Å². The lowest BCUT2D eigenvalue weighted by molar-refractivity contribution is -0.393. The van der Waals surface area contributed by atoms with Crippen molar-refractivity contribution in [3.05, 3.63) is 38.4 Å². The van der Waals surface area contributed by atoms with Crippen LogP contribution < -0.4 is 5.43 Å². The van der Waals surface area contributed by atoms with Gasteiger partial charge in [0.25, 0.3) is 5.69 Å². The molecule has 0 spiro atoms. The van der Waals surface area contributed by atoms with Gasteiger partial charge >= 0.3 is 5.69 Å². The maximum absolute atomic E-state index is 11.1. The summed E-state index contributed by atoms with van der Waals surface area (Å²) < 4.78 is 0. The topological polar surface area (TPSA) is 111 Å². The molecule has 2 aliphatic rings. The summed E-state index contributed by atoms with van der Waals surface area (Å²) in [6, 6.07) is 3.51. The fourth-order valence-corrected chi connectivity index (χ4v) is 3.87. The molecule has 0 aliphatic heterocycles. The molecule has 2 bridgehead atoms. The second-order valence-corrected chi connectivity index (χ2v) is 6.36. The first-order chi connectivity index (χ1) is 11.0. The Morgan fingerprint density at radius 2 is 2.00 bits per heavy atom. The highest BCUT2D eigenvalue weighted by molar-refractivity contribution is 5.86. The SMILES string of the molecule is C/C(=N\Nc1ccc([N+](=O)[O-])cc1[N+](=O)[O-])C1CC2CCC1C2. The number of rotatable bonds is 5. The van der Waals surface area contributed by atoms with Crippen LogP contribution in [-0.2, 0) is 0 Å². The standard InChI is InChI=1S/C15H18N4O4/c1-9(13-7-10-2-3-11(13)6-10)16-17-14-5-4-12(18(20)21)8-15(14)19(22)23/h4-5,8,10-11,13,17H,2-3,6-7H2,1H3/b16-9+. The zero-order valence-electron chi connectivity index (χ0n) is 12.8. The minimum atomic E-state index is -0.652. The molecule has 23 heavy (non-hydrogen) atoms. The van der Waals surface area contributed by atoms with Crippen LogP contribution in [0.2, 0.25) is 0 Å². The first-order valence-corrected chi connectivity index (χ1v) is 7.68. The minimum Gasteiger partial charge on any atom is -0.272 e. The van der Waals surface area contributed by atoms with Gasteiger partial charge in [-0.25, -0.2) is 0 Å². The van der Waals surface area contributed by atoms with Gasteiger partial charge in [0, 0.05) is 17.7 Å². The molecule has 1 aromatic rings. The Morgan fingerprint density at radius 1 is 1.22 bits per heavy atom. The van der Waals surface area contributed by atoms with Crippen molar-refractivity contribution in [1.82, 2.24) is 0 Å². The zero-order valence-corrected chi connectivity index (χ0v) is 12.8. The van der Waals surface area contributed by atoms with E-state index in [4.69, 9.17) is 0 Å². The molecule has 3 unspecified atom stereocenters. The van der Waals surface area contributed by atoms with E-state index >= 15 is 0 Å². The number of hydrazone groups is 1. The molecule has 3 atom stereocenters. The summed E-state index contributed by atoms with van der Waals surface area (Å²) in [6.45, 7) is 1.94. The molecule has 0 saturated heterocycles. The normalized spacial score (nSPS) is 26.3. The van der Waals surface area contributed by atoms with Gasteiger partial charge in [-0.05, 0) is 44.1 Å². The Kier molecular flexibility index (Phi) is 3.97. The third kappa shape index (κ3) is 3.01. The molecular weight excluding hydrogens is 300 g/mol. The number of nitrogens with one attached hydrogen (secondary N) is 1. The van der Waals surface area contributed by atoms with Crippen molar-refractivity contribution < 1.29 is 9.85 Å². The van der Waals surface area contributed by atoms with Gasteiger partial charge < -0.3 is 0 Å². The van der Waals surface area contributed by atoms with Crippen molar-refractivity contribution in [2.24, 2.45) is 22.9 Å². The average molecular weight is 318 g/mol. The summed E-state index contributed by atoms with van der Waals surface area (Å²) in [6.07, 6.45) is 4.94. The number of anilines is 1. The molecule has 0 aromatic heterocycles. The van der Waals surface area contributed by atoms with Crippen molar-refractivity contribution in [3.63, 3.8) is 0 Å². The van der Waals surface area contributed by atoms with Gasteiger partial charge in [-0.2, -0.15) is 5.10 Å². The molecule has 0 heterocycles. The molecule has 8 heteroatoms. The van der Waals surface area contributed by atoms with Crippen LogP contribution in [0.5, 0.6) is 0 Å². The predicted octanol–water partition coefficient (Wildman–Crippen LogP) is 3.73. The molecule has 2 saturated carbocycles. The predicted molar refractivity (Wildman–Crippen MR) is 85.4 cm³/mol. The van der Waals surface area contributed by atoms with Gasteiger partial charge in [0.1, 0.15) is 5.69 Å². The number of hydrogen-bond donors (Lipinski definition) is 1. The molecule has 2 aliphatic carbocycles. The van der Waals surface area contributed by atoms with Gasteiger partial charge in [-0.15, -0.1) is 0 Å². The summed E-state index contributed by atoms with van der Waals surface area (Å²) in [4.78, 5) is 20.5. The lowest BCUT2D eigenvalue weighted by Crippen LogP contribution is -2.19. The Balaban J connectivity index is 1.78. The van der Waals surface area contributed by atoms with Crippen LogP contribution in [0.1, 0.15) is 32.6 Å². The molecule has 1 aromatic carbocycles. The van der Waals surface area contributed by atoms with Gasteiger partial charge in [0.05, 0.1) is 15.9 Å². The van der Waals surface area contributed by atoms with Crippen LogP contribution in [0, 0.1) is 38.0 Å². The average Bonchev–Trinajstić information content (AvgIpc) is 3.15. The van der Waals surface area contributed by atoms with Gasteiger partial charge in [0.15, 0.2) is 0 Å². The molecule has 0 amide bonds. The highest BCUT2D eigenvalue weighted by Gasteiger charge is 2.40. The van der Waals surface area contributed by atoms with E-state index < -0.39 is 9.85 Å². The summed E-state index contributed by atoms with van der Waals surface area (Å²) in [5.74, 6) is 1.92. The van der Waals surface area contributed by atoms with E-state index in [0.29, 0.717) is 11.8 Å². The number of benzene rings is 1. The van der Waals surface area contributed by atoms with Crippen LogP contribution in [0.4, 0.5) is 17.1 Å². The third-order valence-corrected chi connectivity index (χ3v) is 5.02. The van der Waals surface area contributed by atoms with Gasteiger partial charge in [-0.1, -0.05) is 6.42 Å². The van der Waals surface area contributed by atoms with Crippen LogP contribution in [0.3, 0.4) is 0 Å². The van der Waals surface area contributed by atoms with Gasteiger partial charge in [0.2, 0.25) is 0 Å². The van der Waals surface area contributed by atoms with E-state index in [1.165, 1.54) is 31.4 Å². The highest BCUT2D eigenvalue weighted by Crippen LogP contribution is 2.48. The zero-order chi connectivity index (χ0) is 16.6. The quantitative estimate of drug-likeness (QED) is 0.505. The van der Waals surface area contributed by atoms with Crippen LogP contribution in [0.25, 0.3) is 0 Å². The van der Waals surface area contributed by atoms with E-state index in [-0.39, 0.29) is 17.1 Å². The number of nitrogens with zero attached hydrogens (tertiary/aromatic N) is 3. The van der Waals surface area contributed by atoms with E-state index in [0.717, 1.165) is 24.1 Å². The Bertz CT molecular complexity index is 688. The van der Waals surface area contributed by atoms with Crippen molar-refractivity contribution in [3.8, 4) is 0 Å². The molecule has 0 radical (unpaired) electrons. The number of nitro benzene ring substituents is 2. The van der Waals surface area contributed by atoms with Crippen LogP contribution in [-0.4, -0.2) is 15.6 Å². The Labute approximate surface area is 132 Å². The molecule has 8 nitrogen and oxygen atoms in total. The summed E-state index contributed by atoms with van der Waals surface area (Å²) >= 11 is 0. The fourth-order valence-electron chi connectivity index (χ4n) is 3.87. The highest BCUT2D eigenvalue weighted by atomic mass is 16.6. The van der Waals surface area contributed by atoms with E-state index in [1.54, 1.807) is 0 Å². The fraction of sp³-hybridized carbons (Fsp3) is 0.533. The molecule has 2 fully saturated rings. The van der Waals surface area contributed by atoms with E-state index in [2.05, 4.69) is 10.5 Å². The maximum Gasteiger partial charge on any atom is 0.301 e. The Hall–Kier alpha value is -2.51. The molecule has 3 rings (SSSR count). The summed E-state index contributed by atoms with van der Waals surface area (Å²) in [7, 11) is 0. The number of hydrogen-bond acceptors (Lipinski definition) is 6. The second-order valence-electron chi connectivity index (χ2n) is 6.36. The van der Waals surface area contributed by atoms with Gasteiger partial charge in [-0.3, -0.25) is 25.7 Å². The summed E-state index contributed by atoms with van der Waals surface area (Å²) in [5.41, 5.74) is 3.19. The smallest absolute Gasteiger partial charge is 0.272 e. The largest absolute Gasteiger partial charge is 0.301 e. The van der Waals surface area contributed by atoms with Crippen LogP contribution >= 0.6 is 0 Å².